The van der Waals surface area contributed by atoms with Crippen LogP contribution in [0.4, 0.5) is 5.69 Å². The highest BCUT2D eigenvalue weighted by atomic mass is 35.5. The van der Waals surface area contributed by atoms with Crippen molar-refractivity contribution < 1.29 is 13.2 Å². The molecule has 2 N–H and O–H groups in total. The molecule has 0 fully saturated rings. The lowest BCUT2D eigenvalue weighted by atomic mass is 10.0. The molecule has 0 amide bonds. The molecular formula is C22H20ClN3O4S. The van der Waals surface area contributed by atoms with Gasteiger partial charge in [-0.15, -0.1) is 0 Å². The Morgan fingerprint density at radius 2 is 1.84 bits per heavy atom. The first-order valence-electron chi connectivity index (χ1n) is 9.52. The zero-order valence-electron chi connectivity index (χ0n) is 16.8. The highest BCUT2D eigenvalue weighted by Crippen LogP contribution is 2.39. The summed E-state index contributed by atoms with van der Waals surface area (Å²) < 4.78 is 34.6. The Balaban J connectivity index is 1.90. The number of rotatable bonds is 6. The maximum Gasteiger partial charge on any atom is 0.272 e. The van der Waals surface area contributed by atoms with Crippen molar-refractivity contribution in [3.63, 3.8) is 0 Å². The van der Waals surface area contributed by atoms with Gasteiger partial charge in [-0.05, 0) is 55.5 Å². The molecule has 9 heteroatoms. The van der Waals surface area contributed by atoms with Crippen LogP contribution in [0.2, 0.25) is 5.02 Å². The molecule has 0 atom stereocenters. The minimum atomic E-state index is -3.46. The Morgan fingerprint density at radius 3 is 2.55 bits per heavy atom. The van der Waals surface area contributed by atoms with Gasteiger partial charge in [0.1, 0.15) is 17.0 Å². The Hall–Kier alpha value is -3.23. The van der Waals surface area contributed by atoms with Gasteiger partial charge in [-0.2, -0.15) is 0 Å². The second-order valence-electron chi connectivity index (χ2n) is 7.00. The van der Waals surface area contributed by atoms with Crippen molar-refractivity contribution in [3.05, 3.63) is 76.3 Å². The number of nitrogens with one attached hydrogen (secondary N) is 2. The molecule has 0 aliphatic heterocycles. The molecule has 2 heterocycles. The number of benzene rings is 2. The summed E-state index contributed by atoms with van der Waals surface area (Å²) in [6.07, 6.45) is 3.40. The van der Waals surface area contributed by atoms with Gasteiger partial charge in [-0.3, -0.25) is 9.52 Å². The van der Waals surface area contributed by atoms with Crippen LogP contribution in [0.25, 0.3) is 22.0 Å². The van der Waals surface area contributed by atoms with Crippen molar-refractivity contribution in [2.75, 3.05) is 10.5 Å². The second-order valence-corrected chi connectivity index (χ2v) is 9.44. The van der Waals surface area contributed by atoms with E-state index in [-0.39, 0.29) is 11.3 Å². The van der Waals surface area contributed by atoms with Crippen LogP contribution in [0.1, 0.15) is 6.92 Å². The number of ether oxygens (including phenoxy) is 1. The largest absolute Gasteiger partial charge is 0.457 e. The van der Waals surface area contributed by atoms with E-state index in [9.17, 15) is 13.2 Å². The summed E-state index contributed by atoms with van der Waals surface area (Å²) in [4.78, 5) is 15.0. The number of H-pyrrole nitrogens is 1. The first kappa shape index (κ1) is 21.0. The van der Waals surface area contributed by atoms with Gasteiger partial charge in [-0.1, -0.05) is 11.6 Å². The van der Waals surface area contributed by atoms with E-state index in [4.69, 9.17) is 16.3 Å². The predicted molar refractivity (Wildman–Crippen MR) is 124 cm³/mol. The highest BCUT2D eigenvalue weighted by Gasteiger charge is 2.17. The van der Waals surface area contributed by atoms with Crippen LogP contribution in [0.15, 0.2) is 65.7 Å². The maximum atomic E-state index is 12.3. The zero-order chi connectivity index (χ0) is 22.2. The predicted octanol–water partition coefficient (Wildman–Crippen LogP) is 4.74. The van der Waals surface area contributed by atoms with E-state index in [0.717, 1.165) is 10.9 Å². The summed E-state index contributed by atoms with van der Waals surface area (Å²) in [5.41, 5.74) is 2.08. The number of hydrogen-bond donors (Lipinski definition) is 2. The molecule has 0 bridgehead atoms. The number of halogens is 1. The van der Waals surface area contributed by atoms with Gasteiger partial charge in [0.2, 0.25) is 10.0 Å². The molecule has 0 saturated heterocycles. The second kappa shape index (κ2) is 8.13. The van der Waals surface area contributed by atoms with Gasteiger partial charge >= 0.3 is 0 Å². The number of aromatic nitrogens is 2. The van der Waals surface area contributed by atoms with E-state index < -0.39 is 10.0 Å². The Labute approximate surface area is 184 Å². The Morgan fingerprint density at radius 1 is 1.10 bits per heavy atom. The molecule has 31 heavy (non-hydrogen) atoms. The SMILES string of the molecule is CCS(=O)(=O)Nc1ccc(Oc2ccc(Cl)cc2)c(-c2cn(C)c3c(=O)[nH]ccc23)c1. The maximum absolute atomic E-state index is 12.3. The quantitative estimate of drug-likeness (QED) is 0.437. The number of nitrogens with zero attached hydrogens (tertiary/aromatic N) is 1. The van der Waals surface area contributed by atoms with Crippen LogP contribution in [-0.2, 0) is 17.1 Å². The van der Waals surface area contributed by atoms with Crippen molar-refractivity contribution in [2.24, 2.45) is 7.05 Å². The van der Waals surface area contributed by atoms with E-state index in [0.29, 0.717) is 33.3 Å². The van der Waals surface area contributed by atoms with Crippen molar-refractivity contribution in [1.29, 1.82) is 0 Å². The van der Waals surface area contributed by atoms with Crippen LogP contribution in [0.5, 0.6) is 11.5 Å². The summed E-state index contributed by atoms with van der Waals surface area (Å²) in [6, 6.07) is 13.8. The molecule has 0 spiro atoms. The molecule has 160 valence electrons. The fraction of sp³-hybridized carbons (Fsp3) is 0.136. The van der Waals surface area contributed by atoms with Gasteiger partial charge in [0, 0.05) is 46.7 Å². The number of pyridine rings is 1. The lowest BCUT2D eigenvalue weighted by Crippen LogP contribution is -2.14. The fourth-order valence-electron chi connectivity index (χ4n) is 3.35. The van der Waals surface area contributed by atoms with E-state index in [2.05, 4.69) is 9.71 Å². The topological polar surface area (TPSA) is 93.2 Å². The van der Waals surface area contributed by atoms with Crippen molar-refractivity contribution in [2.45, 2.75) is 6.92 Å². The Kier molecular flexibility index (Phi) is 5.51. The molecule has 2 aromatic carbocycles. The van der Waals surface area contributed by atoms with Gasteiger partial charge in [0.15, 0.2) is 0 Å². The molecule has 4 rings (SSSR count). The van der Waals surface area contributed by atoms with Crippen molar-refractivity contribution >= 4 is 38.2 Å². The van der Waals surface area contributed by atoms with Crippen LogP contribution < -0.4 is 15.0 Å². The fourth-order valence-corrected chi connectivity index (χ4v) is 4.11. The van der Waals surface area contributed by atoms with Gasteiger partial charge in [0.25, 0.3) is 5.56 Å². The van der Waals surface area contributed by atoms with Gasteiger partial charge in [0.05, 0.1) is 5.75 Å². The highest BCUT2D eigenvalue weighted by molar-refractivity contribution is 7.92. The standard InChI is InChI=1S/C22H20ClN3O4S/c1-3-31(28,29)25-15-6-9-20(30-16-7-4-14(23)5-8-16)18(12-15)19-13-26(2)21-17(19)10-11-24-22(21)27/h4-13,25H,3H2,1-2H3,(H,24,27). The van der Waals surface area contributed by atoms with Crippen LogP contribution >= 0.6 is 11.6 Å². The summed E-state index contributed by atoms with van der Waals surface area (Å²) in [7, 11) is -1.68. The normalized spacial score (nSPS) is 11.6. The van der Waals surface area contributed by atoms with Crippen LogP contribution in [-0.4, -0.2) is 23.7 Å². The summed E-state index contributed by atoms with van der Waals surface area (Å²) in [6.45, 7) is 1.57. The van der Waals surface area contributed by atoms with E-state index in [1.165, 1.54) is 0 Å². The minimum Gasteiger partial charge on any atom is -0.457 e. The summed E-state index contributed by atoms with van der Waals surface area (Å²) >= 11 is 5.96. The molecule has 2 aromatic heterocycles. The smallest absolute Gasteiger partial charge is 0.272 e. The van der Waals surface area contributed by atoms with Crippen molar-refractivity contribution in [3.8, 4) is 22.6 Å². The van der Waals surface area contributed by atoms with Gasteiger partial charge < -0.3 is 14.3 Å². The number of aryl methyl sites for hydroxylation is 1. The molecule has 0 saturated carbocycles. The van der Waals surface area contributed by atoms with E-state index >= 15 is 0 Å². The molecule has 4 aromatic rings. The third kappa shape index (κ3) is 4.30. The number of fused-ring (bicyclic) bond motifs is 1. The number of sulfonamides is 1. The van der Waals surface area contributed by atoms with E-state index in [1.54, 1.807) is 73.3 Å². The molecule has 0 unspecified atom stereocenters. The number of aromatic amines is 1. The molecular weight excluding hydrogens is 438 g/mol. The van der Waals surface area contributed by atoms with Crippen molar-refractivity contribution in [1.82, 2.24) is 9.55 Å². The summed E-state index contributed by atoms with van der Waals surface area (Å²) in [5, 5.41) is 1.31. The molecule has 0 aliphatic rings. The molecule has 0 aliphatic carbocycles. The number of hydrogen-bond acceptors (Lipinski definition) is 4. The number of anilines is 1. The third-order valence-electron chi connectivity index (χ3n) is 4.86. The van der Waals surface area contributed by atoms with E-state index in [1.807, 2.05) is 6.20 Å². The average Bonchev–Trinajstić information content (AvgIpc) is 3.08. The monoisotopic (exact) mass is 457 g/mol. The average molecular weight is 458 g/mol. The molecule has 0 radical (unpaired) electrons. The zero-order valence-corrected chi connectivity index (χ0v) is 18.4. The molecule has 7 nitrogen and oxygen atoms in total. The summed E-state index contributed by atoms with van der Waals surface area (Å²) in [5.74, 6) is 1.04. The third-order valence-corrected chi connectivity index (χ3v) is 6.42. The first-order chi connectivity index (χ1) is 14.8. The van der Waals surface area contributed by atoms with Crippen LogP contribution in [0.3, 0.4) is 0 Å². The first-order valence-corrected chi connectivity index (χ1v) is 11.6. The minimum absolute atomic E-state index is 0.0466. The van der Waals surface area contributed by atoms with Gasteiger partial charge in [-0.25, -0.2) is 8.42 Å². The lowest BCUT2D eigenvalue weighted by Gasteiger charge is -2.14. The lowest BCUT2D eigenvalue weighted by molar-refractivity contribution is 0.484. The Bertz CT molecular complexity index is 1420. The van der Waals surface area contributed by atoms with Crippen LogP contribution in [0, 0.1) is 0 Å².